The minimum absolute atomic E-state index is 0.0498. The Morgan fingerprint density at radius 1 is 1.47 bits per heavy atom. The summed E-state index contributed by atoms with van der Waals surface area (Å²) in [6.45, 7) is 0. The monoisotopic (exact) mass is 208 g/mol. The Balaban J connectivity index is 2.30. The van der Waals surface area contributed by atoms with Gasteiger partial charge in [-0.2, -0.15) is 0 Å². The number of para-hydroxylation sites is 1. The number of nitro benzene ring substituents is 1. The average Bonchev–Trinajstić information content (AvgIpc) is 2.97. The first-order valence-electron chi connectivity index (χ1n) is 4.29. The van der Waals surface area contributed by atoms with Crippen LogP contribution in [0.2, 0.25) is 0 Å². The molecule has 0 bridgehead atoms. The van der Waals surface area contributed by atoms with Crippen molar-refractivity contribution < 1.29 is 14.5 Å². The van der Waals surface area contributed by atoms with E-state index >= 15 is 0 Å². The zero-order valence-electron chi connectivity index (χ0n) is 7.62. The van der Waals surface area contributed by atoms with Crippen LogP contribution in [0.25, 0.3) is 0 Å². The molecular formula is C9H8N2O4. The van der Waals surface area contributed by atoms with Crippen LogP contribution in [0, 0.1) is 10.1 Å². The van der Waals surface area contributed by atoms with Gasteiger partial charge in [-0.05, 0) is 6.07 Å². The van der Waals surface area contributed by atoms with E-state index in [4.69, 9.17) is 10.5 Å². The predicted molar refractivity (Wildman–Crippen MR) is 49.9 cm³/mol. The van der Waals surface area contributed by atoms with Gasteiger partial charge in [0.05, 0.1) is 10.5 Å². The minimum Gasteiger partial charge on any atom is -0.367 e. The lowest BCUT2D eigenvalue weighted by atomic mass is 10.1. The second-order valence-electron chi connectivity index (χ2n) is 3.20. The lowest BCUT2D eigenvalue weighted by molar-refractivity contribution is -0.385. The smallest absolute Gasteiger partial charge is 0.275 e. The normalized spacial score (nSPS) is 23.5. The van der Waals surface area contributed by atoms with Gasteiger partial charge in [0.15, 0.2) is 6.10 Å². The van der Waals surface area contributed by atoms with Crippen LogP contribution in [0.4, 0.5) is 5.69 Å². The van der Waals surface area contributed by atoms with E-state index in [1.165, 1.54) is 6.07 Å². The third-order valence-electron chi connectivity index (χ3n) is 2.21. The Labute approximate surface area is 84.8 Å². The van der Waals surface area contributed by atoms with Gasteiger partial charge in [-0.15, -0.1) is 0 Å². The lowest BCUT2D eigenvalue weighted by Crippen LogP contribution is -2.18. The van der Waals surface area contributed by atoms with Gasteiger partial charge in [-0.25, -0.2) is 0 Å². The molecule has 0 unspecified atom stereocenters. The molecule has 6 heteroatoms. The number of nitrogens with two attached hydrogens (primary N) is 1. The van der Waals surface area contributed by atoms with Gasteiger partial charge in [-0.1, -0.05) is 12.1 Å². The highest BCUT2D eigenvalue weighted by Crippen LogP contribution is 2.42. The van der Waals surface area contributed by atoms with Crippen LogP contribution < -0.4 is 5.73 Å². The average molecular weight is 208 g/mol. The zero-order chi connectivity index (χ0) is 11.0. The second kappa shape index (κ2) is 3.32. The van der Waals surface area contributed by atoms with Crippen molar-refractivity contribution in [2.75, 3.05) is 0 Å². The van der Waals surface area contributed by atoms with Gasteiger partial charge in [0.2, 0.25) is 5.91 Å². The second-order valence-corrected chi connectivity index (χ2v) is 3.20. The summed E-state index contributed by atoms with van der Waals surface area (Å²) >= 11 is 0. The summed E-state index contributed by atoms with van der Waals surface area (Å²) in [7, 11) is 0. The highest BCUT2D eigenvalue weighted by molar-refractivity contribution is 5.82. The first-order chi connectivity index (χ1) is 7.11. The number of rotatable bonds is 3. The standard InChI is InChI=1S/C9H8N2O4/c10-9(12)8-7(15-8)5-3-1-2-4-6(5)11(13)14/h1-4,7-8H,(H2,10,12)/t7-,8+/m1/s1. The number of ether oxygens (including phenoxy) is 1. The molecule has 1 aromatic rings. The Bertz CT molecular complexity index is 432. The molecule has 78 valence electrons. The summed E-state index contributed by atoms with van der Waals surface area (Å²) in [5, 5.41) is 10.7. The molecule has 1 aromatic carbocycles. The van der Waals surface area contributed by atoms with Crippen molar-refractivity contribution in [1.29, 1.82) is 0 Å². The van der Waals surface area contributed by atoms with Crippen molar-refractivity contribution in [3.05, 3.63) is 39.9 Å². The van der Waals surface area contributed by atoms with Crippen LogP contribution in [-0.2, 0) is 9.53 Å². The highest BCUT2D eigenvalue weighted by atomic mass is 16.6. The summed E-state index contributed by atoms with van der Waals surface area (Å²) in [5.41, 5.74) is 5.36. The summed E-state index contributed by atoms with van der Waals surface area (Å²) in [4.78, 5) is 20.9. The summed E-state index contributed by atoms with van der Waals surface area (Å²) in [6.07, 6.45) is -1.30. The van der Waals surface area contributed by atoms with E-state index in [0.717, 1.165) is 0 Å². The summed E-state index contributed by atoms with van der Waals surface area (Å²) in [6, 6.07) is 6.15. The van der Waals surface area contributed by atoms with Crippen LogP contribution in [0.1, 0.15) is 11.7 Å². The van der Waals surface area contributed by atoms with Crippen molar-refractivity contribution in [2.45, 2.75) is 12.2 Å². The molecule has 1 amide bonds. The van der Waals surface area contributed by atoms with Crippen molar-refractivity contribution in [3.8, 4) is 0 Å². The zero-order valence-corrected chi connectivity index (χ0v) is 7.62. The number of benzene rings is 1. The highest BCUT2D eigenvalue weighted by Gasteiger charge is 2.47. The fourth-order valence-corrected chi connectivity index (χ4v) is 1.46. The molecule has 0 radical (unpaired) electrons. The number of hydrogen-bond acceptors (Lipinski definition) is 4. The number of carbonyl (C=O) groups is 1. The maximum atomic E-state index is 10.8. The van der Waals surface area contributed by atoms with Gasteiger partial charge >= 0.3 is 0 Å². The maximum Gasteiger partial charge on any atom is 0.275 e. The van der Waals surface area contributed by atoms with Crippen LogP contribution in [0.5, 0.6) is 0 Å². The summed E-state index contributed by atoms with van der Waals surface area (Å²) < 4.78 is 4.98. The molecule has 2 rings (SSSR count). The molecule has 1 heterocycles. The number of carbonyl (C=O) groups excluding carboxylic acids is 1. The van der Waals surface area contributed by atoms with Crippen LogP contribution >= 0.6 is 0 Å². The van der Waals surface area contributed by atoms with Crippen LogP contribution in [0.3, 0.4) is 0 Å². The molecule has 0 aliphatic carbocycles. The number of nitro groups is 1. The topological polar surface area (TPSA) is 98.8 Å². The van der Waals surface area contributed by atoms with E-state index in [2.05, 4.69) is 0 Å². The van der Waals surface area contributed by atoms with E-state index in [1.54, 1.807) is 18.2 Å². The molecule has 2 atom stereocenters. The van der Waals surface area contributed by atoms with Gasteiger partial charge in [0.1, 0.15) is 6.10 Å². The number of hydrogen-bond donors (Lipinski definition) is 1. The van der Waals surface area contributed by atoms with E-state index in [9.17, 15) is 14.9 Å². The summed E-state index contributed by atoms with van der Waals surface area (Å²) in [5.74, 6) is -0.599. The molecule has 1 fully saturated rings. The molecule has 2 N–H and O–H groups in total. The van der Waals surface area contributed by atoms with Crippen LogP contribution in [0.15, 0.2) is 24.3 Å². The molecule has 0 spiro atoms. The molecular weight excluding hydrogens is 200 g/mol. The molecule has 0 aromatic heterocycles. The third kappa shape index (κ3) is 1.66. The predicted octanol–water partition coefficient (Wildman–Crippen LogP) is 0.520. The lowest BCUT2D eigenvalue weighted by Gasteiger charge is -1.97. The van der Waals surface area contributed by atoms with Crippen molar-refractivity contribution in [2.24, 2.45) is 5.73 Å². The Morgan fingerprint density at radius 3 is 2.67 bits per heavy atom. The number of amides is 1. The van der Waals surface area contributed by atoms with Crippen LogP contribution in [-0.4, -0.2) is 16.9 Å². The number of primary amides is 1. The van der Waals surface area contributed by atoms with Crippen molar-refractivity contribution in [1.82, 2.24) is 0 Å². The Kier molecular flexibility index (Phi) is 2.12. The van der Waals surface area contributed by atoms with Gasteiger partial charge in [0, 0.05) is 6.07 Å². The van der Waals surface area contributed by atoms with Crippen molar-refractivity contribution in [3.63, 3.8) is 0 Å². The van der Waals surface area contributed by atoms with Crippen molar-refractivity contribution >= 4 is 11.6 Å². The van der Waals surface area contributed by atoms with E-state index in [0.29, 0.717) is 5.56 Å². The molecule has 1 aliphatic heterocycles. The van der Waals surface area contributed by atoms with E-state index in [-0.39, 0.29) is 5.69 Å². The number of nitrogens with zero attached hydrogens (tertiary/aromatic N) is 1. The van der Waals surface area contributed by atoms with E-state index < -0.39 is 23.0 Å². The first-order valence-corrected chi connectivity index (χ1v) is 4.29. The first kappa shape index (κ1) is 9.60. The van der Waals surface area contributed by atoms with Gasteiger partial charge in [-0.3, -0.25) is 14.9 Å². The molecule has 1 saturated heterocycles. The third-order valence-corrected chi connectivity index (χ3v) is 2.21. The molecule has 6 nitrogen and oxygen atoms in total. The SMILES string of the molecule is NC(=O)[C@H]1O[C@@H]1c1ccccc1[N+](=O)[O-]. The fourth-order valence-electron chi connectivity index (χ4n) is 1.46. The minimum atomic E-state index is -0.730. The fraction of sp³-hybridized carbons (Fsp3) is 0.222. The Morgan fingerprint density at radius 2 is 2.13 bits per heavy atom. The molecule has 0 saturated carbocycles. The maximum absolute atomic E-state index is 10.8. The molecule has 15 heavy (non-hydrogen) atoms. The van der Waals surface area contributed by atoms with Gasteiger partial charge in [0.25, 0.3) is 5.69 Å². The van der Waals surface area contributed by atoms with Gasteiger partial charge < -0.3 is 10.5 Å². The van der Waals surface area contributed by atoms with E-state index in [1.807, 2.05) is 0 Å². The largest absolute Gasteiger partial charge is 0.367 e. The molecule has 1 aliphatic rings. The number of epoxide rings is 1. The Hall–Kier alpha value is -1.95. The quantitative estimate of drug-likeness (QED) is 0.444.